The maximum absolute atomic E-state index is 12.8. The topological polar surface area (TPSA) is 66.0 Å². The fraction of sp³-hybridized carbons (Fsp3) is 0.778. The summed E-state index contributed by atoms with van der Waals surface area (Å²) in [4.78, 5) is 0. The number of alkyl halides is 3. The summed E-state index contributed by atoms with van der Waals surface area (Å²) in [7, 11) is 1.49. The average molecular weight is 252 g/mol. The molecule has 1 aromatic heterocycles. The van der Waals surface area contributed by atoms with E-state index in [2.05, 4.69) is 10.3 Å². The van der Waals surface area contributed by atoms with E-state index in [1.807, 2.05) is 0 Å². The SMILES string of the molecule is COCC(C)Cn1nnc(CN)c1C(F)(F)F. The van der Waals surface area contributed by atoms with Crippen LogP contribution in [0.1, 0.15) is 18.3 Å². The van der Waals surface area contributed by atoms with Gasteiger partial charge in [-0.1, -0.05) is 12.1 Å². The van der Waals surface area contributed by atoms with Crippen molar-refractivity contribution in [3.63, 3.8) is 0 Å². The average Bonchev–Trinajstić information content (AvgIpc) is 2.60. The first-order valence-corrected chi connectivity index (χ1v) is 5.08. The summed E-state index contributed by atoms with van der Waals surface area (Å²) in [6, 6.07) is 0. The van der Waals surface area contributed by atoms with Crippen LogP contribution in [0.5, 0.6) is 0 Å². The number of hydrogen-bond donors (Lipinski definition) is 1. The molecule has 1 rings (SSSR count). The van der Waals surface area contributed by atoms with Crippen LogP contribution in [0.4, 0.5) is 13.2 Å². The van der Waals surface area contributed by atoms with Gasteiger partial charge >= 0.3 is 6.18 Å². The van der Waals surface area contributed by atoms with Crippen LogP contribution in [0, 0.1) is 5.92 Å². The third kappa shape index (κ3) is 3.40. The minimum absolute atomic E-state index is 0.0894. The van der Waals surface area contributed by atoms with Crippen LogP contribution in [0.15, 0.2) is 0 Å². The van der Waals surface area contributed by atoms with Gasteiger partial charge in [0.2, 0.25) is 0 Å². The predicted molar refractivity (Wildman–Crippen MR) is 54.0 cm³/mol. The number of nitrogens with two attached hydrogens (primary N) is 1. The van der Waals surface area contributed by atoms with E-state index in [0.717, 1.165) is 4.68 Å². The third-order valence-electron chi connectivity index (χ3n) is 2.20. The molecule has 1 unspecified atom stereocenters. The minimum atomic E-state index is -4.50. The smallest absolute Gasteiger partial charge is 0.384 e. The van der Waals surface area contributed by atoms with Crippen molar-refractivity contribution in [3.8, 4) is 0 Å². The zero-order valence-electron chi connectivity index (χ0n) is 9.66. The van der Waals surface area contributed by atoms with Crippen molar-refractivity contribution in [3.05, 3.63) is 11.4 Å². The van der Waals surface area contributed by atoms with Gasteiger partial charge in [0.05, 0.1) is 6.61 Å². The van der Waals surface area contributed by atoms with E-state index in [4.69, 9.17) is 10.5 Å². The minimum Gasteiger partial charge on any atom is -0.384 e. The molecule has 0 saturated carbocycles. The summed E-state index contributed by atoms with van der Waals surface area (Å²) < 4.78 is 44.0. The molecule has 2 N–H and O–H groups in total. The van der Waals surface area contributed by atoms with Crippen molar-refractivity contribution in [2.24, 2.45) is 11.7 Å². The largest absolute Gasteiger partial charge is 0.434 e. The lowest BCUT2D eigenvalue weighted by molar-refractivity contribution is -0.145. The first-order chi connectivity index (χ1) is 7.90. The lowest BCUT2D eigenvalue weighted by Crippen LogP contribution is -2.21. The highest BCUT2D eigenvalue weighted by molar-refractivity contribution is 5.13. The highest BCUT2D eigenvalue weighted by Gasteiger charge is 2.39. The molecule has 0 aromatic carbocycles. The first kappa shape index (κ1) is 13.9. The summed E-state index contributed by atoms with van der Waals surface area (Å²) in [6.07, 6.45) is -4.50. The molecule has 17 heavy (non-hydrogen) atoms. The van der Waals surface area contributed by atoms with Crippen LogP contribution < -0.4 is 5.73 Å². The van der Waals surface area contributed by atoms with E-state index in [-0.39, 0.29) is 24.7 Å². The highest BCUT2D eigenvalue weighted by Crippen LogP contribution is 2.31. The summed E-state index contributed by atoms with van der Waals surface area (Å²) in [5.74, 6) is -0.0894. The van der Waals surface area contributed by atoms with Crippen molar-refractivity contribution in [2.75, 3.05) is 13.7 Å². The van der Waals surface area contributed by atoms with Gasteiger partial charge in [-0.2, -0.15) is 13.2 Å². The number of ether oxygens (including phenoxy) is 1. The maximum Gasteiger partial charge on any atom is 0.434 e. The molecule has 0 fully saturated rings. The lowest BCUT2D eigenvalue weighted by Gasteiger charge is -2.14. The van der Waals surface area contributed by atoms with E-state index >= 15 is 0 Å². The summed E-state index contributed by atoms with van der Waals surface area (Å²) in [5, 5.41) is 6.93. The van der Waals surface area contributed by atoms with Gasteiger partial charge in [0, 0.05) is 20.2 Å². The Kier molecular flexibility index (Phi) is 4.47. The standard InChI is InChI=1S/C9H15F3N4O/c1-6(5-17-2)4-16-8(9(10,11)12)7(3-13)14-15-16/h6H,3-5,13H2,1-2H3. The molecular formula is C9H15F3N4O. The summed E-state index contributed by atoms with van der Waals surface area (Å²) in [6.45, 7) is 1.94. The monoisotopic (exact) mass is 252 g/mol. The second-order valence-corrected chi connectivity index (χ2v) is 3.83. The van der Waals surface area contributed by atoms with Crippen LogP contribution in [-0.2, 0) is 24.0 Å². The Bertz CT molecular complexity index is 364. The number of halogens is 3. The molecule has 0 spiro atoms. The van der Waals surface area contributed by atoms with Crippen molar-refractivity contribution >= 4 is 0 Å². The Morgan fingerprint density at radius 2 is 2.12 bits per heavy atom. The van der Waals surface area contributed by atoms with Gasteiger partial charge in [-0.25, -0.2) is 4.68 Å². The van der Waals surface area contributed by atoms with E-state index in [1.165, 1.54) is 7.11 Å². The number of hydrogen-bond acceptors (Lipinski definition) is 4. The van der Waals surface area contributed by atoms with E-state index in [0.29, 0.717) is 6.61 Å². The Labute approximate surface area is 96.7 Å². The van der Waals surface area contributed by atoms with Crippen molar-refractivity contribution in [1.29, 1.82) is 0 Å². The fourth-order valence-corrected chi connectivity index (χ4v) is 1.56. The Morgan fingerprint density at radius 3 is 2.59 bits per heavy atom. The van der Waals surface area contributed by atoms with E-state index in [9.17, 15) is 13.2 Å². The summed E-state index contributed by atoms with van der Waals surface area (Å²) >= 11 is 0. The normalized spacial score (nSPS) is 14.0. The molecule has 98 valence electrons. The van der Waals surface area contributed by atoms with Crippen LogP contribution in [-0.4, -0.2) is 28.7 Å². The molecule has 0 aliphatic rings. The van der Waals surface area contributed by atoms with E-state index in [1.54, 1.807) is 6.92 Å². The fourth-order valence-electron chi connectivity index (χ4n) is 1.56. The Hall–Kier alpha value is -1.15. The molecule has 0 aliphatic carbocycles. The molecule has 1 atom stereocenters. The summed E-state index contributed by atoms with van der Waals surface area (Å²) in [5.41, 5.74) is 4.10. The number of rotatable bonds is 5. The Balaban J connectivity index is 2.96. The zero-order chi connectivity index (χ0) is 13.1. The Morgan fingerprint density at radius 1 is 1.47 bits per heavy atom. The molecule has 0 radical (unpaired) electrons. The molecule has 5 nitrogen and oxygen atoms in total. The number of aromatic nitrogens is 3. The zero-order valence-corrected chi connectivity index (χ0v) is 9.66. The predicted octanol–water partition coefficient (Wildman–Crippen LogP) is 1.04. The van der Waals surface area contributed by atoms with Gasteiger partial charge in [-0.3, -0.25) is 0 Å². The van der Waals surface area contributed by atoms with Gasteiger partial charge in [-0.15, -0.1) is 5.10 Å². The molecule has 0 bridgehead atoms. The second-order valence-electron chi connectivity index (χ2n) is 3.83. The molecule has 0 aliphatic heterocycles. The second kappa shape index (κ2) is 5.46. The lowest BCUT2D eigenvalue weighted by atomic mass is 10.2. The van der Waals surface area contributed by atoms with Gasteiger partial charge in [0.15, 0.2) is 5.69 Å². The van der Waals surface area contributed by atoms with Crippen molar-refractivity contribution in [2.45, 2.75) is 26.2 Å². The van der Waals surface area contributed by atoms with Crippen LogP contribution >= 0.6 is 0 Å². The quantitative estimate of drug-likeness (QED) is 0.850. The van der Waals surface area contributed by atoms with Crippen LogP contribution in [0.3, 0.4) is 0 Å². The third-order valence-corrected chi connectivity index (χ3v) is 2.20. The van der Waals surface area contributed by atoms with Crippen LogP contribution in [0.2, 0.25) is 0 Å². The molecule has 0 saturated heterocycles. The molecule has 0 amide bonds. The van der Waals surface area contributed by atoms with Crippen molar-refractivity contribution in [1.82, 2.24) is 15.0 Å². The van der Waals surface area contributed by atoms with Gasteiger partial charge in [0.1, 0.15) is 5.69 Å². The van der Waals surface area contributed by atoms with Crippen LogP contribution in [0.25, 0.3) is 0 Å². The van der Waals surface area contributed by atoms with Gasteiger partial charge in [0.25, 0.3) is 0 Å². The number of nitrogens with zero attached hydrogens (tertiary/aromatic N) is 3. The molecule has 1 heterocycles. The first-order valence-electron chi connectivity index (χ1n) is 5.08. The molecule has 8 heteroatoms. The molecule has 1 aromatic rings. The van der Waals surface area contributed by atoms with Gasteiger partial charge in [-0.05, 0) is 5.92 Å². The highest BCUT2D eigenvalue weighted by atomic mass is 19.4. The van der Waals surface area contributed by atoms with Gasteiger partial charge < -0.3 is 10.5 Å². The van der Waals surface area contributed by atoms with E-state index < -0.39 is 11.9 Å². The molecular weight excluding hydrogens is 237 g/mol. The number of methoxy groups -OCH3 is 1. The maximum atomic E-state index is 12.8. The van der Waals surface area contributed by atoms with Crippen molar-refractivity contribution < 1.29 is 17.9 Å².